The van der Waals surface area contributed by atoms with Gasteiger partial charge in [0, 0.05) is 25.3 Å². The number of hydrogen-bond acceptors (Lipinski definition) is 4. The number of hydrogen-bond donors (Lipinski definition) is 2. The molecule has 2 fully saturated rings. The van der Waals surface area contributed by atoms with Crippen molar-refractivity contribution in [3.8, 4) is 0 Å². The van der Waals surface area contributed by atoms with Crippen LogP contribution in [-0.2, 0) is 20.7 Å². The monoisotopic (exact) mass is 478 g/mol. The van der Waals surface area contributed by atoms with Gasteiger partial charge in [0.1, 0.15) is 5.60 Å². The molecule has 1 heterocycles. The molecule has 1 aliphatic heterocycles. The summed E-state index contributed by atoms with van der Waals surface area (Å²) in [4.78, 5) is 27.3. The molecular weight excluding hydrogens is 440 g/mol. The number of ether oxygens (including phenoxy) is 1. The lowest BCUT2D eigenvalue weighted by molar-refractivity contribution is -0.124. The SMILES string of the molecule is C[C@@H](c1ccc(C(C)(C)NC(=O)C2CC2)cc1)N1CC[C@](CC(C)(C)O)(c2ccccc2)OC1=O. The molecular formula is C29H38N2O4. The Bertz CT molecular complexity index is 1050. The largest absolute Gasteiger partial charge is 0.438 e. The molecule has 0 spiro atoms. The average molecular weight is 479 g/mol. The third kappa shape index (κ3) is 5.69. The van der Waals surface area contributed by atoms with Crippen molar-refractivity contribution in [3.05, 3.63) is 71.3 Å². The van der Waals surface area contributed by atoms with Crippen LogP contribution < -0.4 is 5.32 Å². The Kier molecular flexibility index (Phi) is 6.71. The van der Waals surface area contributed by atoms with E-state index in [4.69, 9.17) is 4.74 Å². The summed E-state index contributed by atoms with van der Waals surface area (Å²) >= 11 is 0. The number of carbonyl (C=O) groups is 2. The van der Waals surface area contributed by atoms with Crippen molar-refractivity contribution in [1.29, 1.82) is 0 Å². The van der Waals surface area contributed by atoms with Crippen molar-refractivity contribution in [2.45, 2.75) is 83.1 Å². The quantitative estimate of drug-likeness (QED) is 0.532. The summed E-state index contributed by atoms with van der Waals surface area (Å²) in [5, 5.41) is 13.7. The molecule has 2 aromatic rings. The molecule has 0 aromatic heterocycles. The Morgan fingerprint density at radius 1 is 1.11 bits per heavy atom. The number of carbonyl (C=O) groups excluding carboxylic acids is 2. The summed E-state index contributed by atoms with van der Waals surface area (Å²) in [6.07, 6.45) is 2.50. The summed E-state index contributed by atoms with van der Waals surface area (Å²) in [5.41, 5.74) is 0.629. The number of nitrogens with zero attached hydrogens (tertiary/aromatic N) is 1. The summed E-state index contributed by atoms with van der Waals surface area (Å²) in [6, 6.07) is 17.6. The van der Waals surface area contributed by atoms with Crippen LogP contribution in [0.2, 0.25) is 0 Å². The average Bonchev–Trinajstić information content (AvgIpc) is 3.64. The molecule has 2 amide bonds. The minimum absolute atomic E-state index is 0.122. The van der Waals surface area contributed by atoms with Crippen LogP contribution >= 0.6 is 0 Å². The number of amides is 2. The van der Waals surface area contributed by atoms with Gasteiger partial charge in [-0.25, -0.2) is 4.79 Å². The molecule has 2 atom stereocenters. The normalized spacial score (nSPS) is 21.9. The van der Waals surface area contributed by atoms with Gasteiger partial charge in [-0.2, -0.15) is 0 Å². The van der Waals surface area contributed by atoms with Gasteiger partial charge in [0.25, 0.3) is 0 Å². The zero-order chi connectivity index (χ0) is 25.4. The maximum atomic E-state index is 13.3. The second-order valence-electron chi connectivity index (χ2n) is 11.3. The zero-order valence-corrected chi connectivity index (χ0v) is 21.5. The molecule has 6 heteroatoms. The first-order valence-electron chi connectivity index (χ1n) is 12.6. The molecule has 0 bridgehead atoms. The van der Waals surface area contributed by atoms with Crippen LogP contribution in [0, 0.1) is 5.92 Å². The number of aliphatic hydroxyl groups is 1. The van der Waals surface area contributed by atoms with E-state index in [1.807, 2.05) is 75.4 Å². The van der Waals surface area contributed by atoms with Gasteiger partial charge in [0.2, 0.25) is 5.91 Å². The van der Waals surface area contributed by atoms with Gasteiger partial charge < -0.3 is 20.1 Å². The topological polar surface area (TPSA) is 78.9 Å². The lowest BCUT2D eigenvalue weighted by atomic mass is 9.80. The predicted molar refractivity (Wildman–Crippen MR) is 136 cm³/mol. The summed E-state index contributed by atoms with van der Waals surface area (Å²) in [7, 11) is 0. The third-order valence-electron chi connectivity index (χ3n) is 7.26. The Hall–Kier alpha value is -2.86. The van der Waals surface area contributed by atoms with Gasteiger partial charge in [-0.05, 0) is 64.2 Å². The van der Waals surface area contributed by atoms with Crippen LogP contribution in [0.25, 0.3) is 0 Å². The second kappa shape index (κ2) is 9.30. The van der Waals surface area contributed by atoms with E-state index in [1.165, 1.54) is 0 Å². The second-order valence-corrected chi connectivity index (χ2v) is 11.3. The highest BCUT2D eigenvalue weighted by atomic mass is 16.6. The van der Waals surface area contributed by atoms with E-state index < -0.39 is 16.7 Å². The fourth-order valence-electron chi connectivity index (χ4n) is 5.08. The van der Waals surface area contributed by atoms with E-state index in [0.717, 1.165) is 29.5 Å². The molecule has 35 heavy (non-hydrogen) atoms. The molecule has 188 valence electrons. The minimum atomic E-state index is -0.985. The third-order valence-corrected chi connectivity index (χ3v) is 7.26. The van der Waals surface area contributed by atoms with Crippen molar-refractivity contribution in [2.75, 3.05) is 6.54 Å². The maximum Gasteiger partial charge on any atom is 0.411 e. The molecule has 2 N–H and O–H groups in total. The van der Waals surface area contributed by atoms with Crippen molar-refractivity contribution in [3.63, 3.8) is 0 Å². The van der Waals surface area contributed by atoms with Crippen molar-refractivity contribution < 1.29 is 19.4 Å². The Balaban J connectivity index is 1.48. The Labute approximate surface area is 208 Å². The van der Waals surface area contributed by atoms with Crippen LogP contribution in [0.1, 0.15) is 83.0 Å². The molecule has 6 nitrogen and oxygen atoms in total. The number of benzene rings is 2. The fraction of sp³-hybridized carbons (Fsp3) is 0.517. The van der Waals surface area contributed by atoms with Gasteiger partial charge in [-0.15, -0.1) is 0 Å². The number of nitrogens with one attached hydrogen (secondary N) is 1. The van der Waals surface area contributed by atoms with Crippen LogP contribution in [-0.4, -0.2) is 34.2 Å². The minimum Gasteiger partial charge on any atom is -0.438 e. The highest BCUT2D eigenvalue weighted by Crippen LogP contribution is 2.42. The van der Waals surface area contributed by atoms with Crippen LogP contribution in [0.5, 0.6) is 0 Å². The van der Waals surface area contributed by atoms with Crippen molar-refractivity contribution in [2.24, 2.45) is 5.92 Å². The first-order valence-corrected chi connectivity index (χ1v) is 12.6. The Morgan fingerprint density at radius 2 is 1.74 bits per heavy atom. The van der Waals surface area contributed by atoms with E-state index in [9.17, 15) is 14.7 Å². The first kappa shape index (κ1) is 25.2. The zero-order valence-electron chi connectivity index (χ0n) is 21.5. The lowest BCUT2D eigenvalue weighted by Crippen LogP contribution is -2.51. The first-order chi connectivity index (χ1) is 16.4. The molecule has 0 radical (unpaired) electrons. The molecule has 0 unspecified atom stereocenters. The molecule has 4 rings (SSSR count). The van der Waals surface area contributed by atoms with Gasteiger partial charge >= 0.3 is 6.09 Å². The van der Waals surface area contributed by atoms with Crippen molar-refractivity contribution >= 4 is 12.0 Å². The Morgan fingerprint density at radius 3 is 2.29 bits per heavy atom. The summed E-state index contributed by atoms with van der Waals surface area (Å²) < 4.78 is 6.12. The molecule has 1 aliphatic carbocycles. The molecule has 2 aliphatic rings. The number of rotatable bonds is 8. The van der Waals surface area contributed by atoms with E-state index in [-0.39, 0.29) is 24.0 Å². The summed E-state index contributed by atoms with van der Waals surface area (Å²) in [6.45, 7) is 10.0. The van der Waals surface area contributed by atoms with Gasteiger partial charge in [-0.3, -0.25) is 4.79 Å². The maximum absolute atomic E-state index is 13.3. The van der Waals surface area contributed by atoms with Crippen molar-refractivity contribution in [1.82, 2.24) is 10.2 Å². The van der Waals surface area contributed by atoms with Crippen LogP contribution in [0.4, 0.5) is 4.79 Å². The molecule has 1 saturated heterocycles. The molecule has 1 saturated carbocycles. The van der Waals surface area contributed by atoms with Gasteiger partial charge in [0.05, 0.1) is 17.2 Å². The molecule has 2 aromatic carbocycles. The smallest absolute Gasteiger partial charge is 0.411 e. The van der Waals surface area contributed by atoms with E-state index in [1.54, 1.807) is 18.7 Å². The number of cyclic esters (lactones) is 1. The van der Waals surface area contributed by atoms with E-state index in [2.05, 4.69) is 5.32 Å². The standard InChI is InChI=1S/C29H38N2O4/c1-20(21-13-15-23(16-14-21)28(4,5)30-25(32)22-11-12-22)31-18-17-29(35-26(31)33,19-27(2,3)34)24-9-7-6-8-10-24/h6-10,13-16,20,22,34H,11-12,17-19H2,1-5H3,(H,30,32)/t20-,29-/m0/s1. The van der Waals surface area contributed by atoms with Gasteiger partial charge in [-0.1, -0.05) is 54.6 Å². The van der Waals surface area contributed by atoms with Crippen LogP contribution in [0.15, 0.2) is 54.6 Å². The lowest BCUT2D eigenvalue weighted by Gasteiger charge is -2.45. The highest BCUT2D eigenvalue weighted by molar-refractivity contribution is 5.81. The fourth-order valence-corrected chi connectivity index (χ4v) is 5.08. The van der Waals surface area contributed by atoms with E-state index >= 15 is 0 Å². The van der Waals surface area contributed by atoms with E-state index in [0.29, 0.717) is 19.4 Å². The summed E-state index contributed by atoms with van der Waals surface area (Å²) in [5.74, 6) is 0.287. The van der Waals surface area contributed by atoms with Gasteiger partial charge in [0.15, 0.2) is 0 Å². The highest BCUT2D eigenvalue weighted by Gasteiger charge is 2.46. The van der Waals surface area contributed by atoms with Crippen LogP contribution in [0.3, 0.4) is 0 Å². The predicted octanol–water partition coefficient (Wildman–Crippen LogP) is 5.41.